The van der Waals surface area contributed by atoms with E-state index in [9.17, 15) is 17.6 Å². The van der Waals surface area contributed by atoms with Gasteiger partial charge in [-0.25, -0.2) is 9.18 Å². The molecule has 0 amide bonds. The van der Waals surface area contributed by atoms with E-state index in [1.165, 1.54) is 30.3 Å². The van der Waals surface area contributed by atoms with Gasteiger partial charge in [0.25, 0.3) is 0 Å². The summed E-state index contributed by atoms with van der Waals surface area (Å²) < 4.78 is 48.3. The predicted molar refractivity (Wildman–Crippen MR) is 86.4 cm³/mol. The lowest BCUT2D eigenvalue weighted by molar-refractivity contribution is 0.476. The second kappa shape index (κ2) is 5.92. The molecule has 0 fully saturated rings. The zero-order valence-corrected chi connectivity index (χ0v) is 13.8. The first-order valence-electron chi connectivity index (χ1n) is 6.71. The van der Waals surface area contributed by atoms with Gasteiger partial charge in [0, 0.05) is 17.5 Å². The summed E-state index contributed by atoms with van der Waals surface area (Å²) in [6, 6.07) is 9.07. The molecule has 124 valence electrons. The van der Waals surface area contributed by atoms with Crippen LogP contribution in [-0.2, 0) is 10.1 Å². The smallest absolute Gasteiger partial charge is 0.342 e. The zero-order chi connectivity index (χ0) is 17.5. The van der Waals surface area contributed by atoms with Crippen LogP contribution in [0.25, 0.3) is 11.0 Å². The van der Waals surface area contributed by atoms with Crippen LogP contribution in [-0.4, -0.2) is 8.42 Å². The predicted octanol–water partition coefficient (Wildman–Crippen LogP) is 3.66. The second-order valence-corrected chi connectivity index (χ2v) is 6.92. The Morgan fingerprint density at radius 1 is 1.17 bits per heavy atom. The maximum absolute atomic E-state index is 13.9. The van der Waals surface area contributed by atoms with Gasteiger partial charge < -0.3 is 8.60 Å². The summed E-state index contributed by atoms with van der Waals surface area (Å²) in [6.45, 7) is 1.72. The third-order valence-corrected chi connectivity index (χ3v) is 4.87. The molecule has 0 aliphatic carbocycles. The van der Waals surface area contributed by atoms with Crippen molar-refractivity contribution >= 4 is 32.7 Å². The van der Waals surface area contributed by atoms with E-state index in [1.807, 2.05) is 0 Å². The van der Waals surface area contributed by atoms with E-state index in [0.717, 1.165) is 6.07 Å². The highest BCUT2D eigenvalue weighted by molar-refractivity contribution is 7.87. The standard InChI is InChI=1S/C16H10ClFO5S/c1-9-7-15(19)22-13-8-10(5-6-11(9)13)23-24(20,21)14-4-2-3-12(17)16(14)18/h2-8H,1H3. The van der Waals surface area contributed by atoms with Crippen LogP contribution in [0.2, 0.25) is 5.02 Å². The van der Waals surface area contributed by atoms with Gasteiger partial charge in [-0.05, 0) is 36.8 Å². The molecule has 1 heterocycles. The maximum Gasteiger partial charge on any atom is 0.342 e. The fourth-order valence-electron chi connectivity index (χ4n) is 2.21. The molecule has 0 bridgehead atoms. The highest BCUT2D eigenvalue weighted by atomic mass is 35.5. The molecular formula is C16H10ClFO5S. The largest absolute Gasteiger partial charge is 0.423 e. The number of halogens is 2. The summed E-state index contributed by atoms with van der Waals surface area (Å²) in [4.78, 5) is 10.7. The van der Waals surface area contributed by atoms with E-state index < -0.39 is 26.5 Å². The molecule has 0 saturated heterocycles. The van der Waals surface area contributed by atoms with Crippen molar-refractivity contribution in [2.24, 2.45) is 0 Å². The molecule has 0 spiro atoms. The zero-order valence-electron chi connectivity index (χ0n) is 12.2. The fourth-order valence-corrected chi connectivity index (χ4v) is 3.46. The highest BCUT2D eigenvalue weighted by Gasteiger charge is 2.23. The van der Waals surface area contributed by atoms with Crippen molar-refractivity contribution in [3.63, 3.8) is 0 Å². The van der Waals surface area contributed by atoms with Crippen LogP contribution >= 0.6 is 11.6 Å². The van der Waals surface area contributed by atoms with Gasteiger partial charge in [0.1, 0.15) is 16.2 Å². The lowest BCUT2D eigenvalue weighted by Crippen LogP contribution is -2.12. The van der Waals surface area contributed by atoms with Crippen molar-refractivity contribution in [3.8, 4) is 5.75 Å². The molecule has 0 aliphatic heterocycles. The average molecular weight is 369 g/mol. The van der Waals surface area contributed by atoms with Crippen LogP contribution < -0.4 is 9.81 Å². The van der Waals surface area contributed by atoms with Crippen LogP contribution in [0.15, 0.2) is 56.6 Å². The lowest BCUT2D eigenvalue weighted by atomic mass is 10.1. The van der Waals surface area contributed by atoms with Crippen molar-refractivity contribution in [1.29, 1.82) is 0 Å². The first kappa shape index (κ1) is 16.5. The minimum absolute atomic E-state index is 0.115. The second-order valence-electron chi connectivity index (χ2n) is 5.00. The Bertz CT molecular complexity index is 1110. The summed E-state index contributed by atoms with van der Waals surface area (Å²) in [5.74, 6) is -1.21. The molecule has 24 heavy (non-hydrogen) atoms. The minimum atomic E-state index is -4.43. The molecule has 0 unspecified atom stereocenters. The number of rotatable bonds is 3. The fraction of sp³-hybridized carbons (Fsp3) is 0.0625. The van der Waals surface area contributed by atoms with Crippen LogP contribution in [0.4, 0.5) is 4.39 Å². The van der Waals surface area contributed by atoms with Crippen molar-refractivity contribution in [3.05, 3.63) is 69.3 Å². The number of fused-ring (bicyclic) bond motifs is 1. The van der Waals surface area contributed by atoms with Crippen molar-refractivity contribution in [2.45, 2.75) is 11.8 Å². The number of hydrogen-bond donors (Lipinski definition) is 0. The molecule has 8 heteroatoms. The lowest BCUT2D eigenvalue weighted by Gasteiger charge is -2.09. The molecule has 3 aromatic rings. The van der Waals surface area contributed by atoms with Gasteiger partial charge in [0.2, 0.25) is 0 Å². The summed E-state index contributed by atoms with van der Waals surface area (Å²) >= 11 is 5.59. The van der Waals surface area contributed by atoms with Crippen molar-refractivity contribution in [2.75, 3.05) is 0 Å². The normalized spacial score (nSPS) is 11.6. The Kier molecular flexibility index (Phi) is 4.06. The Balaban J connectivity index is 2.06. The van der Waals surface area contributed by atoms with Crippen LogP contribution in [0.3, 0.4) is 0 Å². The average Bonchev–Trinajstić information content (AvgIpc) is 2.48. The Morgan fingerprint density at radius 2 is 1.92 bits per heavy atom. The van der Waals surface area contributed by atoms with E-state index in [0.29, 0.717) is 10.9 Å². The topological polar surface area (TPSA) is 73.6 Å². The third kappa shape index (κ3) is 3.00. The molecule has 0 atom stereocenters. The number of hydrogen-bond acceptors (Lipinski definition) is 5. The summed E-state index contributed by atoms with van der Waals surface area (Å²) in [5.41, 5.74) is 0.275. The van der Waals surface area contributed by atoms with Gasteiger partial charge in [-0.3, -0.25) is 0 Å². The van der Waals surface area contributed by atoms with Crippen molar-refractivity contribution < 1.29 is 21.4 Å². The minimum Gasteiger partial charge on any atom is -0.423 e. The van der Waals surface area contributed by atoms with E-state index in [2.05, 4.69) is 0 Å². The molecule has 0 radical (unpaired) electrons. The van der Waals surface area contributed by atoms with Gasteiger partial charge in [-0.1, -0.05) is 17.7 Å². The van der Waals surface area contributed by atoms with Crippen molar-refractivity contribution in [1.82, 2.24) is 0 Å². The molecule has 0 N–H and O–H groups in total. The summed E-state index contributed by atoms with van der Waals surface area (Å²) in [5, 5.41) is 0.299. The molecule has 1 aromatic heterocycles. The van der Waals surface area contributed by atoms with E-state index in [4.69, 9.17) is 20.2 Å². The van der Waals surface area contributed by atoms with Gasteiger partial charge >= 0.3 is 15.7 Å². The Labute approximate surface area is 141 Å². The monoisotopic (exact) mass is 368 g/mol. The SMILES string of the molecule is Cc1cc(=O)oc2cc(OS(=O)(=O)c3cccc(Cl)c3F)ccc12. The van der Waals surface area contributed by atoms with Crippen LogP contribution in [0, 0.1) is 12.7 Å². The number of benzene rings is 2. The first-order valence-corrected chi connectivity index (χ1v) is 8.49. The van der Waals surface area contributed by atoms with E-state index >= 15 is 0 Å². The Hall–Kier alpha value is -2.38. The van der Waals surface area contributed by atoms with Gasteiger partial charge in [0.15, 0.2) is 5.82 Å². The molecule has 3 rings (SSSR count). The third-order valence-electron chi connectivity index (χ3n) is 3.31. The maximum atomic E-state index is 13.9. The summed E-state index contributed by atoms with van der Waals surface area (Å²) in [7, 11) is -4.43. The van der Waals surface area contributed by atoms with Crippen LogP contribution in [0.1, 0.15) is 5.56 Å². The molecule has 2 aromatic carbocycles. The van der Waals surface area contributed by atoms with Crippen LogP contribution in [0.5, 0.6) is 5.75 Å². The van der Waals surface area contributed by atoms with E-state index in [-0.39, 0.29) is 16.4 Å². The molecular weight excluding hydrogens is 359 g/mol. The first-order chi connectivity index (χ1) is 11.3. The van der Waals surface area contributed by atoms with Gasteiger partial charge in [0.05, 0.1) is 5.02 Å². The highest BCUT2D eigenvalue weighted by Crippen LogP contribution is 2.27. The van der Waals surface area contributed by atoms with E-state index in [1.54, 1.807) is 13.0 Å². The quantitative estimate of drug-likeness (QED) is 0.521. The Morgan fingerprint density at radius 3 is 2.67 bits per heavy atom. The molecule has 0 aliphatic rings. The van der Waals surface area contributed by atoms with Gasteiger partial charge in [-0.2, -0.15) is 8.42 Å². The molecule has 0 saturated carbocycles. The number of aryl methyl sites for hydroxylation is 1. The molecule has 5 nitrogen and oxygen atoms in total. The van der Waals surface area contributed by atoms with Gasteiger partial charge in [-0.15, -0.1) is 0 Å². The summed E-state index contributed by atoms with van der Waals surface area (Å²) in [6.07, 6.45) is 0.